The van der Waals surface area contributed by atoms with Crippen molar-refractivity contribution in [3.05, 3.63) is 126 Å². The second-order valence-electron chi connectivity index (χ2n) is 7.27. The van der Waals surface area contributed by atoms with E-state index in [1.54, 1.807) is 0 Å². The van der Waals surface area contributed by atoms with Gasteiger partial charge in [0.1, 0.15) is 0 Å². The van der Waals surface area contributed by atoms with Crippen LogP contribution in [0.1, 0.15) is 27.8 Å². The predicted molar refractivity (Wildman–Crippen MR) is 107 cm³/mol. The fourth-order valence-corrected chi connectivity index (χ4v) is 5.15. The molecule has 0 heteroatoms. The van der Waals surface area contributed by atoms with Crippen LogP contribution in [-0.4, -0.2) is 0 Å². The molecule has 1 radical (unpaired) electrons. The van der Waals surface area contributed by atoms with E-state index in [1.165, 1.54) is 44.5 Å². The molecule has 2 aliphatic carbocycles. The molecule has 0 fully saturated rings. The Labute approximate surface area is 153 Å². The minimum Gasteiger partial charge on any atom is -0.0619 e. The van der Waals surface area contributed by atoms with E-state index in [4.69, 9.17) is 0 Å². The van der Waals surface area contributed by atoms with E-state index in [1.807, 2.05) is 0 Å². The molecule has 4 aromatic carbocycles. The average Bonchev–Trinajstić information content (AvgIpc) is 3.15. The van der Waals surface area contributed by atoms with Crippen LogP contribution in [0.3, 0.4) is 0 Å². The molecule has 4 aromatic rings. The smallest absolute Gasteiger partial charge is 0.0619 e. The molecule has 0 nitrogen and oxygen atoms in total. The van der Waals surface area contributed by atoms with Crippen molar-refractivity contribution in [2.75, 3.05) is 0 Å². The van der Waals surface area contributed by atoms with Crippen LogP contribution in [0.15, 0.2) is 91.0 Å². The van der Waals surface area contributed by atoms with Crippen LogP contribution >= 0.6 is 0 Å². The lowest BCUT2D eigenvalue weighted by Crippen LogP contribution is -2.25. The standard InChI is InChI=1S/C26H17/c1-17-14-15-25-21(16-17)20-10-4-7-13-24(20)26(25)22-11-5-2-8-18(22)19-9-3-6-12-23(19)26/h2-16H,1H2. The van der Waals surface area contributed by atoms with Crippen molar-refractivity contribution >= 4 is 0 Å². The van der Waals surface area contributed by atoms with Crippen LogP contribution in [-0.2, 0) is 5.41 Å². The first-order chi connectivity index (χ1) is 12.8. The monoisotopic (exact) mass is 329 g/mol. The summed E-state index contributed by atoms with van der Waals surface area (Å²) in [5, 5.41) is 0. The number of benzene rings is 4. The van der Waals surface area contributed by atoms with Crippen molar-refractivity contribution < 1.29 is 0 Å². The number of hydrogen-bond acceptors (Lipinski definition) is 0. The molecule has 0 heterocycles. The van der Waals surface area contributed by atoms with Gasteiger partial charge in [-0.3, -0.25) is 0 Å². The van der Waals surface area contributed by atoms with Crippen molar-refractivity contribution in [1.82, 2.24) is 0 Å². The average molecular weight is 329 g/mol. The van der Waals surface area contributed by atoms with Gasteiger partial charge in [-0.25, -0.2) is 0 Å². The van der Waals surface area contributed by atoms with Crippen molar-refractivity contribution in [2.24, 2.45) is 0 Å². The van der Waals surface area contributed by atoms with Crippen LogP contribution in [0.25, 0.3) is 22.3 Å². The minimum absolute atomic E-state index is 0.215. The minimum atomic E-state index is -0.215. The van der Waals surface area contributed by atoms with Gasteiger partial charge in [0.05, 0.1) is 5.41 Å². The zero-order valence-electron chi connectivity index (χ0n) is 14.4. The van der Waals surface area contributed by atoms with Gasteiger partial charge in [0, 0.05) is 0 Å². The molecule has 2 aliphatic rings. The predicted octanol–water partition coefficient (Wildman–Crippen LogP) is 6.21. The van der Waals surface area contributed by atoms with Gasteiger partial charge in [0.25, 0.3) is 0 Å². The molecule has 0 amide bonds. The Morgan fingerprint density at radius 2 is 0.885 bits per heavy atom. The maximum absolute atomic E-state index is 4.17. The molecular weight excluding hydrogens is 312 g/mol. The van der Waals surface area contributed by atoms with Crippen molar-refractivity contribution in [1.29, 1.82) is 0 Å². The van der Waals surface area contributed by atoms with E-state index < -0.39 is 0 Å². The van der Waals surface area contributed by atoms with E-state index in [0.29, 0.717) is 0 Å². The van der Waals surface area contributed by atoms with Crippen molar-refractivity contribution in [3.63, 3.8) is 0 Å². The molecule has 0 atom stereocenters. The normalized spacial score (nSPS) is 14.7. The summed E-state index contributed by atoms with van der Waals surface area (Å²) in [4.78, 5) is 0. The Bertz CT molecular complexity index is 1150. The summed E-state index contributed by atoms with van der Waals surface area (Å²) in [6.45, 7) is 4.17. The zero-order chi connectivity index (χ0) is 17.3. The van der Waals surface area contributed by atoms with Crippen molar-refractivity contribution in [2.45, 2.75) is 5.41 Å². The molecule has 0 N–H and O–H groups in total. The van der Waals surface area contributed by atoms with E-state index in [9.17, 15) is 0 Å². The third kappa shape index (κ3) is 1.47. The van der Waals surface area contributed by atoms with Crippen LogP contribution in [0.4, 0.5) is 0 Å². The summed E-state index contributed by atoms with van der Waals surface area (Å²) < 4.78 is 0. The van der Waals surface area contributed by atoms with Gasteiger partial charge in [-0.1, -0.05) is 91.0 Å². The number of rotatable bonds is 0. The lowest BCUT2D eigenvalue weighted by Gasteiger charge is -2.30. The highest BCUT2D eigenvalue weighted by atomic mass is 14.5. The summed E-state index contributed by atoms with van der Waals surface area (Å²) in [7, 11) is 0. The Balaban J connectivity index is 1.87. The number of fused-ring (bicyclic) bond motifs is 10. The lowest BCUT2D eigenvalue weighted by atomic mass is 9.70. The first-order valence-electron chi connectivity index (χ1n) is 9.07. The van der Waals surface area contributed by atoms with E-state index in [2.05, 4.69) is 97.9 Å². The Hall–Kier alpha value is -3.12. The van der Waals surface area contributed by atoms with E-state index in [0.717, 1.165) is 5.56 Å². The van der Waals surface area contributed by atoms with Gasteiger partial charge in [-0.15, -0.1) is 0 Å². The SMILES string of the molecule is [CH2]c1ccc2c(c1)-c1ccccc1C21c2ccccc2-c2ccccc21. The summed E-state index contributed by atoms with van der Waals surface area (Å²) in [6, 6.07) is 33.3. The second kappa shape index (κ2) is 4.74. The van der Waals surface area contributed by atoms with E-state index >= 15 is 0 Å². The van der Waals surface area contributed by atoms with Crippen LogP contribution in [0.2, 0.25) is 0 Å². The van der Waals surface area contributed by atoms with Gasteiger partial charge >= 0.3 is 0 Å². The molecule has 0 aromatic heterocycles. The maximum atomic E-state index is 4.17. The summed E-state index contributed by atoms with van der Waals surface area (Å²) in [6.07, 6.45) is 0. The fraction of sp³-hybridized carbons (Fsp3) is 0.0385. The third-order valence-corrected chi connectivity index (χ3v) is 6.06. The molecule has 0 aliphatic heterocycles. The first-order valence-corrected chi connectivity index (χ1v) is 9.07. The largest absolute Gasteiger partial charge is 0.0725 e. The Kier molecular flexibility index (Phi) is 2.57. The highest BCUT2D eigenvalue weighted by Crippen LogP contribution is 2.62. The lowest BCUT2D eigenvalue weighted by molar-refractivity contribution is 0.793. The molecule has 0 saturated heterocycles. The maximum Gasteiger partial charge on any atom is 0.0725 e. The van der Waals surface area contributed by atoms with Gasteiger partial charge in [-0.2, -0.15) is 0 Å². The molecule has 26 heavy (non-hydrogen) atoms. The van der Waals surface area contributed by atoms with E-state index in [-0.39, 0.29) is 5.41 Å². The van der Waals surface area contributed by atoms with Gasteiger partial charge in [0.15, 0.2) is 0 Å². The zero-order valence-corrected chi connectivity index (χ0v) is 14.4. The van der Waals surface area contributed by atoms with Crippen LogP contribution in [0, 0.1) is 6.92 Å². The summed E-state index contributed by atoms with van der Waals surface area (Å²) in [5.41, 5.74) is 11.8. The molecule has 121 valence electrons. The molecule has 6 rings (SSSR count). The Morgan fingerprint density at radius 1 is 0.462 bits per heavy atom. The molecule has 0 bridgehead atoms. The first kappa shape index (κ1) is 14.1. The third-order valence-electron chi connectivity index (χ3n) is 6.06. The molecule has 0 unspecified atom stereocenters. The summed E-state index contributed by atoms with van der Waals surface area (Å²) >= 11 is 0. The molecule has 0 saturated carbocycles. The Morgan fingerprint density at radius 3 is 1.42 bits per heavy atom. The van der Waals surface area contributed by atoms with Crippen LogP contribution < -0.4 is 0 Å². The van der Waals surface area contributed by atoms with Crippen LogP contribution in [0.5, 0.6) is 0 Å². The molecular formula is C26H17. The van der Waals surface area contributed by atoms with Gasteiger partial charge in [-0.05, 0) is 57.0 Å². The van der Waals surface area contributed by atoms with Crippen molar-refractivity contribution in [3.8, 4) is 22.3 Å². The highest BCUT2D eigenvalue weighted by Gasteiger charge is 2.51. The molecule has 1 spiro atoms. The quantitative estimate of drug-likeness (QED) is 0.311. The topological polar surface area (TPSA) is 0 Å². The number of hydrogen-bond donors (Lipinski definition) is 0. The highest BCUT2D eigenvalue weighted by molar-refractivity contribution is 5.94. The fourth-order valence-electron chi connectivity index (χ4n) is 5.15. The second-order valence-corrected chi connectivity index (χ2v) is 7.27. The van der Waals surface area contributed by atoms with Gasteiger partial charge in [0.2, 0.25) is 0 Å². The summed E-state index contributed by atoms with van der Waals surface area (Å²) in [5.74, 6) is 0. The van der Waals surface area contributed by atoms with Gasteiger partial charge < -0.3 is 0 Å².